The number of benzene rings is 2. The van der Waals surface area contributed by atoms with E-state index < -0.39 is 4.87 Å². The van der Waals surface area contributed by atoms with Crippen LogP contribution in [0.2, 0.25) is 10.0 Å². The number of anilines is 2. The molecule has 2 aliphatic heterocycles. The number of hydrogen-bond acceptors (Lipinski definition) is 3. The van der Waals surface area contributed by atoms with Crippen LogP contribution in [-0.2, 0) is 9.67 Å². The van der Waals surface area contributed by atoms with Crippen molar-refractivity contribution in [2.75, 3.05) is 10.6 Å². The molecule has 6 heteroatoms. The lowest BCUT2D eigenvalue weighted by Crippen LogP contribution is -2.35. The summed E-state index contributed by atoms with van der Waals surface area (Å²) in [5.41, 5.74) is 2.35. The lowest BCUT2D eigenvalue weighted by Gasteiger charge is -2.21. The molecule has 4 rings (SSSR count). The summed E-state index contributed by atoms with van der Waals surface area (Å²) >= 11 is 13.7. The van der Waals surface area contributed by atoms with Crippen molar-refractivity contribution in [1.29, 1.82) is 0 Å². The molecule has 0 bridgehead atoms. The van der Waals surface area contributed by atoms with Crippen molar-refractivity contribution in [3.8, 4) is 0 Å². The van der Waals surface area contributed by atoms with Crippen molar-refractivity contribution >= 4 is 52.2 Å². The van der Waals surface area contributed by atoms with Gasteiger partial charge in [-0.15, -0.1) is 0 Å². The molecule has 20 heavy (non-hydrogen) atoms. The van der Waals surface area contributed by atoms with Gasteiger partial charge in [-0.2, -0.15) is 0 Å². The molecular formula is C14H8Cl2N2OS. The Labute approximate surface area is 129 Å². The maximum atomic E-state index is 12.5. The molecule has 2 aromatic carbocycles. The minimum Gasteiger partial charge on any atom is -0.358 e. The Morgan fingerprint density at radius 2 is 1.95 bits per heavy atom. The molecule has 0 saturated heterocycles. The van der Waals surface area contributed by atoms with Gasteiger partial charge in [0.15, 0.2) is 4.87 Å². The van der Waals surface area contributed by atoms with E-state index in [2.05, 4.69) is 10.6 Å². The zero-order valence-electron chi connectivity index (χ0n) is 10.0. The number of carbonyl (C=O) groups excluding carboxylic acids is 1. The molecule has 2 aliphatic rings. The zero-order valence-corrected chi connectivity index (χ0v) is 12.4. The third-order valence-corrected chi connectivity index (χ3v) is 5.36. The monoisotopic (exact) mass is 322 g/mol. The minimum absolute atomic E-state index is 0.127. The Kier molecular flexibility index (Phi) is 2.52. The Hall–Kier alpha value is -1.36. The van der Waals surface area contributed by atoms with Gasteiger partial charge in [-0.25, -0.2) is 0 Å². The minimum atomic E-state index is -0.881. The second-order valence-corrected chi connectivity index (χ2v) is 6.77. The first-order chi connectivity index (χ1) is 9.60. The largest absolute Gasteiger partial charge is 0.358 e. The molecule has 2 heterocycles. The normalized spacial score (nSPS) is 22.4. The lowest BCUT2D eigenvalue weighted by atomic mass is 10.1. The van der Waals surface area contributed by atoms with Crippen LogP contribution in [0.25, 0.3) is 0 Å². The molecule has 0 saturated carbocycles. The van der Waals surface area contributed by atoms with Crippen LogP contribution in [0.15, 0.2) is 41.3 Å². The summed E-state index contributed by atoms with van der Waals surface area (Å²) in [5, 5.41) is 7.12. The van der Waals surface area contributed by atoms with Crippen molar-refractivity contribution in [3.63, 3.8) is 0 Å². The van der Waals surface area contributed by atoms with Gasteiger partial charge in [0.1, 0.15) is 0 Å². The molecule has 2 N–H and O–H groups in total. The van der Waals surface area contributed by atoms with Crippen LogP contribution in [-0.4, -0.2) is 5.91 Å². The molecule has 100 valence electrons. The first kappa shape index (κ1) is 12.4. The fraction of sp³-hybridized carbons (Fsp3) is 0.0714. The van der Waals surface area contributed by atoms with Gasteiger partial charge in [0.05, 0.1) is 10.7 Å². The molecule has 0 aliphatic carbocycles. The highest BCUT2D eigenvalue weighted by Gasteiger charge is 2.52. The van der Waals surface area contributed by atoms with Gasteiger partial charge in [-0.05, 0) is 24.3 Å². The van der Waals surface area contributed by atoms with E-state index in [1.165, 1.54) is 11.8 Å². The number of halogens is 2. The van der Waals surface area contributed by atoms with Gasteiger partial charge >= 0.3 is 0 Å². The van der Waals surface area contributed by atoms with Crippen LogP contribution >= 0.6 is 35.0 Å². The summed E-state index contributed by atoms with van der Waals surface area (Å²) in [6, 6.07) is 11.2. The molecular weight excluding hydrogens is 315 g/mol. The number of thioether (sulfide) groups is 1. The topological polar surface area (TPSA) is 41.1 Å². The van der Waals surface area contributed by atoms with Crippen molar-refractivity contribution in [2.45, 2.75) is 9.77 Å². The zero-order chi connectivity index (χ0) is 13.9. The average molecular weight is 323 g/mol. The van der Waals surface area contributed by atoms with E-state index in [0.717, 1.165) is 16.1 Å². The summed E-state index contributed by atoms with van der Waals surface area (Å²) in [6.45, 7) is 0. The van der Waals surface area contributed by atoms with Crippen LogP contribution in [0.1, 0.15) is 5.56 Å². The summed E-state index contributed by atoms with van der Waals surface area (Å²) in [7, 11) is 0. The number of amides is 1. The third kappa shape index (κ3) is 1.53. The quantitative estimate of drug-likeness (QED) is 0.759. The van der Waals surface area contributed by atoms with E-state index in [0.29, 0.717) is 15.7 Å². The number of carbonyl (C=O) groups is 1. The Balaban J connectivity index is 1.93. The highest BCUT2D eigenvalue weighted by molar-refractivity contribution is 8.01. The maximum absolute atomic E-state index is 12.5. The molecule has 0 aromatic heterocycles. The highest BCUT2D eigenvalue weighted by atomic mass is 35.5. The summed E-state index contributed by atoms with van der Waals surface area (Å²) in [6.07, 6.45) is 0. The van der Waals surface area contributed by atoms with Gasteiger partial charge in [-0.1, -0.05) is 47.1 Å². The number of fused-ring (bicyclic) bond motifs is 3. The van der Waals surface area contributed by atoms with E-state index in [4.69, 9.17) is 23.2 Å². The summed E-state index contributed by atoms with van der Waals surface area (Å²) in [5.74, 6) is -0.127. The average Bonchev–Trinajstić information content (AvgIpc) is 2.92. The Bertz CT molecular complexity index is 738. The van der Waals surface area contributed by atoms with Gasteiger partial charge in [0.25, 0.3) is 5.91 Å². The van der Waals surface area contributed by atoms with Crippen LogP contribution < -0.4 is 10.6 Å². The van der Waals surface area contributed by atoms with Crippen molar-refractivity contribution in [3.05, 3.63) is 52.0 Å². The van der Waals surface area contributed by atoms with E-state index in [1.807, 2.05) is 24.3 Å². The van der Waals surface area contributed by atoms with E-state index in [1.54, 1.807) is 12.1 Å². The van der Waals surface area contributed by atoms with Crippen LogP contribution in [0.5, 0.6) is 0 Å². The molecule has 0 radical (unpaired) electrons. The van der Waals surface area contributed by atoms with Crippen molar-refractivity contribution < 1.29 is 4.79 Å². The molecule has 0 fully saturated rings. The van der Waals surface area contributed by atoms with E-state index >= 15 is 0 Å². The van der Waals surface area contributed by atoms with Gasteiger partial charge in [-0.3, -0.25) is 4.79 Å². The van der Waals surface area contributed by atoms with Crippen molar-refractivity contribution in [2.24, 2.45) is 0 Å². The third-order valence-electron chi connectivity index (χ3n) is 3.45. The molecule has 1 atom stereocenters. The molecule has 1 amide bonds. The highest BCUT2D eigenvalue weighted by Crippen LogP contribution is 2.57. The van der Waals surface area contributed by atoms with Crippen LogP contribution in [0, 0.1) is 0 Å². The molecule has 0 unspecified atom stereocenters. The van der Waals surface area contributed by atoms with E-state index in [-0.39, 0.29) is 5.91 Å². The second kappa shape index (κ2) is 4.07. The number of hydrogen-bond donors (Lipinski definition) is 2. The fourth-order valence-electron chi connectivity index (χ4n) is 2.57. The maximum Gasteiger partial charge on any atom is 0.265 e. The first-order valence-electron chi connectivity index (χ1n) is 5.97. The number of nitrogens with one attached hydrogen (secondary N) is 2. The van der Waals surface area contributed by atoms with Crippen molar-refractivity contribution in [1.82, 2.24) is 0 Å². The number of para-hydroxylation sites is 1. The Morgan fingerprint density at radius 1 is 1.15 bits per heavy atom. The Morgan fingerprint density at radius 3 is 2.75 bits per heavy atom. The summed E-state index contributed by atoms with van der Waals surface area (Å²) in [4.78, 5) is 12.6. The molecule has 3 nitrogen and oxygen atoms in total. The summed E-state index contributed by atoms with van der Waals surface area (Å²) < 4.78 is 0. The molecule has 2 aromatic rings. The van der Waals surface area contributed by atoms with Gasteiger partial charge in [0.2, 0.25) is 0 Å². The standard InChI is InChI=1S/C14H8Cl2N2OS/c15-7-5-8-12(9(16)6-7)17-13(19)14(8)18-10-3-1-2-4-11(10)20-14/h1-6,18H,(H,17,19)/t14-/m0/s1. The SMILES string of the molecule is O=C1Nc2c(Cl)cc(Cl)cc2[C@@]12Nc1ccccc1S2. The predicted molar refractivity (Wildman–Crippen MR) is 82.7 cm³/mol. The van der Waals surface area contributed by atoms with Crippen LogP contribution in [0.3, 0.4) is 0 Å². The van der Waals surface area contributed by atoms with Gasteiger partial charge < -0.3 is 10.6 Å². The first-order valence-corrected chi connectivity index (χ1v) is 7.54. The molecule has 1 spiro atoms. The number of rotatable bonds is 0. The lowest BCUT2D eigenvalue weighted by molar-refractivity contribution is -0.117. The smallest absolute Gasteiger partial charge is 0.265 e. The van der Waals surface area contributed by atoms with Crippen LogP contribution in [0.4, 0.5) is 11.4 Å². The fourth-order valence-corrected chi connectivity index (χ4v) is 4.39. The second-order valence-electron chi connectivity index (χ2n) is 4.67. The van der Waals surface area contributed by atoms with Gasteiger partial charge in [0, 0.05) is 21.2 Å². The predicted octanol–water partition coefficient (Wildman–Crippen LogP) is 4.32. The van der Waals surface area contributed by atoms with E-state index in [9.17, 15) is 4.79 Å².